The van der Waals surface area contributed by atoms with Crippen LogP contribution in [0.1, 0.15) is 32.1 Å². The lowest BCUT2D eigenvalue weighted by molar-refractivity contribution is 0.199. The molecular weight excluding hydrogens is 253 g/mol. The summed E-state index contributed by atoms with van der Waals surface area (Å²) in [7, 11) is 1.91. The molecule has 0 aromatic rings. The van der Waals surface area contributed by atoms with Crippen LogP contribution in [-0.2, 0) is 0 Å². The molecular formula is C8H14INO. The Labute approximate surface area is 81.5 Å². The van der Waals surface area contributed by atoms with Gasteiger partial charge in [-0.3, -0.25) is 4.79 Å². The minimum Gasteiger partial charge on any atom is -0.334 e. The molecule has 2 nitrogen and oxygen atoms in total. The van der Waals surface area contributed by atoms with Crippen LogP contribution in [0.25, 0.3) is 0 Å². The molecule has 3 heteroatoms. The second-order valence-corrected chi connectivity index (χ2v) is 4.08. The molecule has 0 N–H and O–H groups in total. The summed E-state index contributed by atoms with van der Waals surface area (Å²) in [6.45, 7) is 0. The van der Waals surface area contributed by atoms with E-state index in [1.54, 1.807) is 0 Å². The highest BCUT2D eigenvalue weighted by atomic mass is 127. The van der Waals surface area contributed by atoms with Gasteiger partial charge >= 0.3 is 0 Å². The molecule has 64 valence electrons. The van der Waals surface area contributed by atoms with Crippen molar-refractivity contribution in [2.75, 3.05) is 7.05 Å². The quantitative estimate of drug-likeness (QED) is 0.406. The largest absolute Gasteiger partial charge is 0.334 e. The molecule has 0 radical (unpaired) electrons. The summed E-state index contributed by atoms with van der Waals surface area (Å²) in [5.41, 5.74) is 0. The van der Waals surface area contributed by atoms with Crippen LogP contribution in [0.4, 0.5) is 4.79 Å². The van der Waals surface area contributed by atoms with Crippen molar-refractivity contribution in [3.63, 3.8) is 0 Å². The van der Waals surface area contributed by atoms with Crippen LogP contribution in [-0.4, -0.2) is 21.9 Å². The van der Waals surface area contributed by atoms with Gasteiger partial charge in [-0.05, 0) is 12.8 Å². The van der Waals surface area contributed by atoms with Crippen molar-refractivity contribution < 1.29 is 4.79 Å². The Balaban J connectivity index is 2.38. The maximum absolute atomic E-state index is 11.0. The third kappa shape index (κ3) is 2.61. The number of nitrogens with zero attached hydrogens (tertiary/aromatic N) is 1. The predicted molar refractivity (Wildman–Crippen MR) is 54.1 cm³/mol. The molecule has 1 aliphatic rings. The zero-order valence-corrected chi connectivity index (χ0v) is 9.00. The summed E-state index contributed by atoms with van der Waals surface area (Å²) in [6, 6.07) is 0.521. The van der Waals surface area contributed by atoms with E-state index in [1.807, 2.05) is 34.5 Å². The first-order valence-electron chi connectivity index (χ1n) is 4.14. The summed E-state index contributed by atoms with van der Waals surface area (Å²) < 4.78 is 0.175. The molecule has 1 saturated carbocycles. The minimum atomic E-state index is 0.175. The van der Waals surface area contributed by atoms with Crippen LogP contribution in [0.5, 0.6) is 0 Å². The molecule has 1 fully saturated rings. The van der Waals surface area contributed by atoms with Gasteiger partial charge in [0.1, 0.15) is 0 Å². The first-order chi connectivity index (χ1) is 5.22. The van der Waals surface area contributed by atoms with Crippen molar-refractivity contribution in [1.29, 1.82) is 0 Å². The number of rotatable bonds is 1. The average Bonchev–Trinajstić information content (AvgIpc) is 2.05. The van der Waals surface area contributed by atoms with Crippen LogP contribution in [0.2, 0.25) is 0 Å². The Morgan fingerprint density at radius 3 is 2.36 bits per heavy atom. The van der Waals surface area contributed by atoms with E-state index in [0.29, 0.717) is 6.04 Å². The van der Waals surface area contributed by atoms with Crippen molar-refractivity contribution in [2.24, 2.45) is 0 Å². The second-order valence-electron chi connectivity index (χ2n) is 3.16. The number of halogens is 1. The van der Waals surface area contributed by atoms with Crippen LogP contribution in [0.15, 0.2) is 0 Å². The Kier molecular flexibility index (Phi) is 3.62. The number of carbonyl (C=O) groups is 1. The van der Waals surface area contributed by atoms with Crippen LogP contribution >= 0.6 is 22.6 Å². The number of carbonyl (C=O) groups excluding carboxylic acids is 1. The molecule has 0 aliphatic heterocycles. The molecule has 0 saturated heterocycles. The van der Waals surface area contributed by atoms with Gasteiger partial charge < -0.3 is 4.90 Å². The summed E-state index contributed by atoms with van der Waals surface area (Å²) >= 11 is 1.86. The van der Waals surface area contributed by atoms with Crippen molar-refractivity contribution in [2.45, 2.75) is 38.1 Å². The fraction of sp³-hybridized carbons (Fsp3) is 0.875. The van der Waals surface area contributed by atoms with E-state index in [2.05, 4.69) is 0 Å². The number of hydrogen-bond acceptors (Lipinski definition) is 1. The van der Waals surface area contributed by atoms with E-state index in [1.165, 1.54) is 32.1 Å². The molecule has 0 bridgehead atoms. The highest BCUT2D eigenvalue weighted by molar-refractivity contribution is 14.1. The lowest BCUT2D eigenvalue weighted by atomic mass is 9.95. The monoisotopic (exact) mass is 267 g/mol. The van der Waals surface area contributed by atoms with Gasteiger partial charge in [0.2, 0.25) is 0 Å². The summed E-state index contributed by atoms with van der Waals surface area (Å²) in [6.07, 6.45) is 6.33. The van der Waals surface area contributed by atoms with Gasteiger partial charge in [0.15, 0.2) is 0 Å². The molecule has 0 aromatic carbocycles. The van der Waals surface area contributed by atoms with Crippen molar-refractivity contribution >= 4 is 26.5 Å². The van der Waals surface area contributed by atoms with Crippen LogP contribution in [0, 0.1) is 0 Å². The summed E-state index contributed by atoms with van der Waals surface area (Å²) in [4.78, 5) is 12.8. The van der Waals surface area contributed by atoms with Gasteiger partial charge in [-0.2, -0.15) is 0 Å². The number of amides is 1. The fourth-order valence-electron chi connectivity index (χ4n) is 1.61. The molecule has 0 unspecified atom stereocenters. The maximum atomic E-state index is 11.0. The SMILES string of the molecule is CN(C(=O)I)C1CCCCC1. The van der Waals surface area contributed by atoms with Crippen LogP contribution < -0.4 is 0 Å². The van der Waals surface area contributed by atoms with Gasteiger partial charge in [0.05, 0.1) is 0 Å². The van der Waals surface area contributed by atoms with E-state index >= 15 is 0 Å². The predicted octanol–water partition coefficient (Wildman–Crippen LogP) is 2.81. The maximum Gasteiger partial charge on any atom is 0.283 e. The normalized spacial score (nSPS) is 19.8. The molecule has 0 aromatic heterocycles. The van der Waals surface area contributed by atoms with E-state index < -0.39 is 0 Å². The molecule has 1 rings (SSSR count). The van der Waals surface area contributed by atoms with Crippen molar-refractivity contribution in [3.05, 3.63) is 0 Å². The van der Waals surface area contributed by atoms with E-state index in [9.17, 15) is 4.79 Å². The van der Waals surface area contributed by atoms with Gasteiger partial charge in [0.25, 0.3) is 3.91 Å². The molecule has 0 heterocycles. The Morgan fingerprint density at radius 1 is 1.36 bits per heavy atom. The molecule has 11 heavy (non-hydrogen) atoms. The van der Waals surface area contributed by atoms with Crippen LogP contribution in [0.3, 0.4) is 0 Å². The third-order valence-electron chi connectivity index (χ3n) is 2.40. The highest BCUT2D eigenvalue weighted by Crippen LogP contribution is 2.22. The Hall–Kier alpha value is 0.200. The average molecular weight is 267 g/mol. The van der Waals surface area contributed by atoms with Gasteiger partial charge in [-0.25, -0.2) is 0 Å². The summed E-state index contributed by atoms with van der Waals surface area (Å²) in [5.74, 6) is 0. The first-order valence-corrected chi connectivity index (χ1v) is 5.22. The smallest absolute Gasteiger partial charge is 0.283 e. The lowest BCUT2D eigenvalue weighted by Crippen LogP contribution is -2.34. The first kappa shape index (κ1) is 9.29. The molecule has 1 amide bonds. The zero-order chi connectivity index (χ0) is 8.27. The lowest BCUT2D eigenvalue weighted by Gasteiger charge is -2.29. The van der Waals surface area contributed by atoms with E-state index in [4.69, 9.17) is 0 Å². The van der Waals surface area contributed by atoms with Crippen molar-refractivity contribution in [3.8, 4) is 0 Å². The van der Waals surface area contributed by atoms with Gasteiger partial charge in [-0.1, -0.05) is 19.3 Å². The molecule has 0 spiro atoms. The van der Waals surface area contributed by atoms with Gasteiger partial charge in [-0.15, -0.1) is 0 Å². The Morgan fingerprint density at radius 2 is 1.91 bits per heavy atom. The van der Waals surface area contributed by atoms with Crippen molar-refractivity contribution in [1.82, 2.24) is 4.90 Å². The topological polar surface area (TPSA) is 20.3 Å². The third-order valence-corrected chi connectivity index (χ3v) is 3.16. The minimum absolute atomic E-state index is 0.175. The second kappa shape index (κ2) is 4.28. The van der Waals surface area contributed by atoms with E-state index in [-0.39, 0.29) is 3.91 Å². The van der Waals surface area contributed by atoms with E-state index in [0.717, 1.165) is 0 Å². The summed E-state index contributed by atoms with van der Waals surface area (Å²) in [5, 5.41) is 0. The zero-order valence-electron chi connectivity index (χ0n) is 6.85. The molecule has 0 atom stereocenters. The fourth-order valence-corrected chi connectivity index (χ4v) is 2.01. The standard InChI is InChI=1S/C8H14INO/c1-10(8(9)11)7-5-3-2-4-6-7/h7H,2-6H2,1H3. The highest BCUT2D eigenvalue weighted by Gasteiger charge is 2.19. The molecule has 1 aliphatic carbocycles. The van der Waals surface area contributed by atoms with Gasteiger partial charge in [0, 0.05) is 35.7 Å². The Bertz CT molecular complexity index is 143. The number of hydrogen-bond donors (Lipinski definition) is 0.